The van der Waals surface area contributed by atoms with Gasteiger partial charge in [0, 0.05) is 19.7 Å². The molecule has 2 rings (SSSR count). The van der Waals surface area contributed by atoms with E-state index in [2.05, 4.69) is 0 Å². The number of carbonyl (C=O) groups excluding carboxylic acids is 1. The van der Waals surface area contributed by atoms with Crippen molar-refractivity contribution in [3.63, 3.8) is 0 Å². The van der Waals surface area contributed by atoms with Gasteiger partial charge in [-0.05, 0) is 25.0 Å². The third kappa shape index (κ3) is 4.39. The lowest BCUT2D eigenvalue weighted by atomic mass is 10.1. The molecule has 1 N–H and O–H groups in total. The van der Waals surface area contributed by atoms with Gasteiger partial charge < -0.3 is 19.5 Å². The fourth-order valence-corrected chi connectivity index (χ4v) is 3.08. The number of aliphatic carboxylic acids is 1. The van der Waals surface area contributed by atoms with E-state index in [1.54, 1.807) is 36.3 Å². The molecule has 0 saturated carbocycles. The van der Waals surface area contributed by atoms with Crippen LogP contribution in [0.1, 0.15) is 26.2 Å². The van der Waals surface area contributed by atoms with Crippen molar-refractivity contribution in [2.24, 2.45) is 0 Å². The van der Waals surface area contributed by atoms with Crippen molar-refractivity contribution in [1.29, 1.82) is 0 Å². The molecule has 0 radical (unpaired) electrons. The Morgan fingerprint density at radius 1 is 1.42 bits per heavy atom. The van der Waals surface area contributed by atoms with E-state index in [4.69, 9.17) is 26.2 Å². The van der Waals surface area contributed by atoms with Crippen LogP contribution in [0.25, 0.3) is 0 Å². The lowest BCUT2D eigenvalue weighted by Gasteiger charge is -2.28. The van der Waals surface area contributed by atoms with Crippen molar-refractivity contribution in [1.82, 2.24) is 4.90 Å². The molecule has 24 heavy (non-hydrogen) atoms. The van der Waals surface area contributed by atoms with Crippen LogP contribution >= 0.6 is 11.6 Å². The fraction of sp³-hybridized carbons (Fsp3) is 0.529. The van der Waals surface area contributed by atoms with Crippen LogP contribution in [-0.2, 0) is 14.3 Å². The molecule has 0 aromatic heterocycles. The van der Waals surface area contributed by atoms with E-state index >= 15 is 0 Å². The van der Waals surface area contributed by atoms with Gasteiger partial charge in [-0.1, -0.05) is 30.7 Å². The Hall–Kier alpha value is -1.79. The highest BCUT2D eigenvalue weighted by Crippen LogP contribution is 2.28. The zero-order valence-electron chi connectivity index (χ0n) is 13.8. The van der Waals surface area contributed by atoms with Crippen molar-refractivity contribution < 1.29 is 24.2 Å². The summed E-state index contributed by atoms with van der Waals surface area (Å²) in [6.07, 6.45) is -0.00339. The van der Waals surface area contributed by atoms with E-state index in [1.807, 2.05) is 6.92 Å². The molecule has 0 bridgehead atoms. The van der Waals surface area contributed by atoms with E-state index in [0.29, 0.717) is 30.2 Å². The molecular weight excluding hydrogens is 334 g/mol. The van der Waals surface area contributed by atoms with Gasteiger partial charge in [0.15, 0.2) is 6.10 Å². The van der Waals surface area contributed by atoms with Gasteiger partial charge in [-0.15, -0.1) is 0 Å². The zero-order chi connectivity index (χ0) is 17.7. The van der Waals surface area contributed by atoms with E-state index in [0.717, 1.165) is 0 Å². The molecule has 1 heterocycles. The van der Waals surface area contributed by atoms with Gasteiger partial charge in [0.1, 0.15) is 5.75 Å². The number of rotatable bonds is 7. The Labute approximate surface area is 146 Å². The minimum absolute atomic E-state index is 0.103. The van der Waals surface area contributed by atoms with Crippen molar-refractivity contribution in [2.75, 3.05) is 13.7 Å². The molecule has 1 amide bonds. The zero-order valence-corrected chi connectivity index (χ0v) is 14.5. The van der Waals surface area contributed by atoms with E-state index < -0.39 is 12.1 Å². The topological polar surface area (TPSA) is 76.1 Å². The predicted octanol–water partition coefficient (Wildman–Crippen LogP) is 2.59. The van der Waals surface area contributed by atoms with Crippen LogP contribution < -0.4 is 4.74 Å². The molecule has 132 valence electrons. The van der Waals surface area contributed by atoms with Gasteiger partial charge in [-0.2, -0.15) is 0 Å². The first kappa shape index (κ1) is 18.5. The largest absolute Gasteiger partial charge is 0.481 e. The summed E-state index contributed by atoms with van der Waals surface area (Å²) < 4.78 is 11.1. The molecule has 0 aliphatic carbocycles. The van der Waals surface area contributed by atoms with E-state index in [9.17, 15) is 9.59 Å². The number of carbonyl (C=O) groups is 2. The van der Waals surface area contributed by atoms with Gasteiger partial charge in [0.25, 0.3) is 5.91 Å². The van der Waals surface area contributed by atoms with Crippen LogP contribution in [-0.4, -0.2) is 53.8 Å². The SMILES string of the molecule is CCC(Oc1ccccc1Cl)C(=O)N1CC(OC)CC1CC(=O)O. The predicted molar refractivity (Wildman–Crippen MR) is 89.3 cm³/mol. The number of carboxylic acid groups (broad SMARTS) is 1. The highest BCUT2D eigenvalue weighted by atomic mass is 35.5. The van der Waals surface area contributed by atoms with Crippen LogP contribution in [0.5, 0.6) is 5.75 Å². The van der Waals surface area contributed by atoms with Gasteiger partial charge in [0.2, 0.25) is 0 Å². The summed E-state index contributed by atoms with van der Waals surface area (Å²) in [5, 5.41) is 9.50. The number of likely N-dealkylation sites (tertiary alicyclic amines) is 1. The Morgan fingerprint density at radius 2 is 2.12 bits per heavy atom. The summed E-state index contributed by atoms with van der Waals surface area (Å²) in [5.74, 6) is -0.727. The second kappa shape index (κ2) is 8.35. The minimum Gasteiger partial charge on any atom is -0.481 e. The molecular formula is C17H22ClNO5. The van der Waals surface area contributed by atoms with Crippen molar-refractivity contribution in [3.8, 4) is 5.75 Å². The molecule has 1 aliphatic heterocycles. The Kier molecular flexibility index (Phi) is 6.45. The van der Waals surface area contributed by atoms with Crippen LogP contribution in [0.2, 0.25) is 5.02 Å². The monoisotopic (exact) mass is 355 g/mol. The summed E-state index contributed by atoms with van der Waals surface area (Å²) in [6.45, 7) is 2.21. The summed E-state index contributed by atoms with van der Waals surface area (Å²) in [5.41, 5.74) is 0. The molecule has 1 saturated heterocycles. The number of methoxy groups -OCH3 is 1. The second-order valence-corrected chi connectivity index (χ2v) is 6.19. The molecule has 6 nitrogen and oxygen atoms in total. The number of hydrogen-bond donors (Lipinski definition) is 1. The molecule has 7 heteroatoms. The van der Waals surface area contributed by atoms with Crippen LogP contribution in [0.4, 0.5) is 0 Å². The highest BCUT2D eigenvalue weighted by Gasteiger charge is 2.39. The summed E-state index contributed by atoms with van der Waals surface area (Å²) in [7, 11) is 1.56. The Balaban J connectivity index is 2.13. The fourth-order valence-electron chi connectivity index (χ4n) is 2.90. The van der Waals surface area contributed by atoms with Gasteiger partial charge in [0.05, 0.1) is 17.5 Å². The summed E-state index contributed by atoms with van der Waals surface area (Å²) >= 11 is 6.09. The smallest absolute Gasteiger partial charge is 0.305 e. The second-order valence-electron chi connectivity index (χ2n) is 5.78. The number of nitrogens with zero attached hydrogens (tertiary/aromatic N) is 1. The number of para-hydroxylation sites is 1. The van der Waals surface area contributed by atoms with Gasteiger partial charge >= 0.3 is 5.97 Å². The Bertz CT molecular complexity index is 594. The average Bonchev–Trinajstić information content (AvgIpc) is 2.95. The molecule has 1 fully saturated rings. The Morgan fingerprint density at radius 3 is 2.71 bits per heavy atom. The molecule has 3 unspecified atom stereocenters. The maximum Gasteiger partial charge on any atom is 0.305 e. The van der Waals surface area contributed by atoms with Crippen molar-refractivity contribution >= 4 is 23.5 Å². The molecule has 3 atom stereocenters. The molecule has 1 aliphatic rings. The van der Waals surface area contributed by atoms with Crippen molar-refractivity contribution in [2.45, 2.75) is 44.4 Å². The average molecular weight is 356 g/mol. The number of benzene rings is 1. The molecule has 0 spiro atoms. The van der Waals surface area contributed by atoms with Crippen molar-refractivity contribution in [3.05, 3.63) is 29.3 Å². The first-order valence-corrected chi connectivity index (χ1v) is 8.30. The lowest BCUT2D eigenvalue weighted by Crippen LogP contribution is -2.45. The number of ether oxygens (including phenoxy) is 2. The van der Waals surface area contributed by atoms with Crippen LogP contribution in [0, 0.1) is 0 Å². The quantitative estimate of drug-likeness (QED) is 0.813. The van der Waals surface area contributed by atoms with Crippen LogP contribution in [0.3, 0.4) is 0 Å². The standard InChI is InChI=1S/C17H22ClNO5/c1-3-14(24-15-7-5-4-6-13(15)18)17(22)19-10-12(23-2)8-11(19)9-16(20)21/h4-7,11-12,14H,3,8-10H2,1-2H3,(H,20,21). The van der Waals surface area contributed by atoms with Crippen LogP contribution in [0.15, 0.2) is 24.3 Å². The number of hydrogen-bond acceptors (Lipinski definition) is 4. The number of amides is 1. The first-order chi connectivity index (χ1) is 11.5. The number of halogens is 1. The third-order valence-corrected chi connectivity index (χ3v) is 4.47. The highest BCUT2D eigenvalue weighted by molar-refractivity contribution is 6.32. The summed E-state index contributed by atoms with van der Waals surface area (Å²) in [4.78, 5) is 25.5. The first-order valence-electron chi connectivity index (χ1n) is 7.92. The van der Waals surface area contributed by atoms with E-state index in [-0.39, 0.29) is 24.5 Å². The minimum atomic E-state index is -0.936. The molecule has 1 aromatic carbocycles. The van der Waals surface area contributed by atoms with Gasteiger partial charge in [-0.25, -0.2) is 0 Å². The summed E-state index contributed by atoms with van der Waals surface area (Å²) in [6, 6.07) is 6.57. The third-order valence-electron chi connectivity index (χ3n) is 4.15. The van der Waals surface area contributed by atoms with E-state index in [1.165, 1.54) is 0 Å². The molecule has 1 aromatic rings. The normalized spacial score (nSPS) is 21.5. The van der Waals surface area contributed by atoms with Gasteiger partial charge in [-0.3, -0.25) is 9.59 Å². The number of carboxylic acids is 1. The lowest BCUT2D eigenvalue weighted by molar-refractivity contribution is -0.143. The maximum atomic E-state index is 12.9. The maximum absolute atomic E-state index is 12.9.